The largest absolute Gasteiger partial charge is 0.479 e. The van der Waals surface area contributed by atoms with E-state index in [-0.39, 0.29) is 6.42 Å². The van der Waals surface area contributed by atoms with E-state index in [1.807, 2.05) is 25.1 Å². The highest BCUT2D eigenvalue weighted by molar-refractivity contribution is 6.27. The Morgan fingerprint density at radius 1 is 1.12 bits per heavy atom. The van der Waals surface area contributed by atoms with Crippen molar-refractivity contribution in [1.29, 1.82) is 0 Å². The zero-order valence-electron chi connectivity index (χ0n) is 18.6. The summed E-state index contributed by atoms with van der Waals surface area (Å²) in [6.07, 6.45) is -1.02. The predicted molar refractivity (Wildman–Crippen MR) is 117 cm³/mol. The van der Waals surface area contributed by atoms with E-state index in [0.717, 1.165) is 16.0 Å². The van der Waals surface area contributed by atoms with Crippen LogP contribution in [0.4, 0.5) is 10.5 Å². The van der Waals surface area contributed by atoms with Crippen LogP contribution >= 0.6 is 0 Å². The number of hydrogen-bond donors (Lipinski definition) is 2. The molecule has 32 heavy (non-hydrogen) atoms. The summed E-state index contributed by atoms with van der Waals surface area (Å²) in [7, 11) is 3.74. The zero-order valence-corrected chi connectivity index (χ0v) is 18.6. The Balaban J connectivity index is 1.72. The predicted octanol–water partition coefficient (Wildman–Crippen LogP) is 2.62. The van der Waals surface area contributed by atoms with Gasteiger partial charge in [0.15, 0.2) is 5.54 Å². The van der Waals surface area contributed by atoms with Crippen LogP contribution in [0.25, 0.3) is 10.8 Å². The molecule has 2 aliphatic rings. The fourth-order valence-electron chi connectivity index (χ4n) is 4.23. The minimum atomic E-state index is -1.79. The van der Waals surface area contributed by atoms with E-state index in [1.54, 1.807) is 45.0 Å². The summed E-state index contributed by atoms with van der Waals surface area (Å²) in [5.74, 6) is -2.49. The number of nitrogens with one attached hydrogen (secondary N) is 1. The normalized spacial score (nSPS) is 22.0. The second-order valence-corrected chi connectivity index (χ2v) is 9.36. The van der Waals surface area contributed by atoms with Gasteiger partial charge in [-0.1, -0.05) is 12.1 Å². The average Bonchev–Trinajstić information content (AvgIpc) is 3.38. The maximum atomic E-state index is 13.4. The smallest absolute Gasteiger partial charge is 0.408 e. The lowest BCUT2D eigenvalue weighted by molar-refractivity contribution is -0.141. The highest BCUT2D eigenvalue weighted by Crippen LogP contribution is 2.45. The number of carboxylic acids is 1. The molecule has 4 rings (SSSR count). The van der Waals surface area contributed by atoms with Crippen LogP contribution in [-0.4, -0.2) is 65.2 Å². The Kier molecular flexibility index (Phi) is 4.69. The second-order valence-electron chi connectivity index (χ2n) is 9.36. The van der Waals surface area contributed by atoms with Crippen LogP contribution in [0.3, 0.4) is 0 Å². The first kappa shape index (κ1) is 21.6. The molecular formula is C23H25N3O6. The molecule has 1 aliphatic carbocycles. The van der Waals surface area contributed by atoms with Gasteiger partial charge in [0.05, 0.1) is 6.04 Å². The number of ether oxygens (including phenoxy) is 1. The second kappa shape index (κ2) is 6.94. The number of nitrogens with zero attached hydrogens (tertiary/aromatic N) is 2. The van der Waals surface area contributed by atoms with Gasteiger partial charge < -0.3 is 20.1 Å². The molecule has 1 saturated carbocycles. The Bertz CT molecular complexity index is 1160. The Morgan fingerprint density at radius 3 is 2.31 bits per heavy atom. The first-order valence-corrected chi connectivity index (χ1v) is 10.2. The number of benzene rings is 2. The lowest BCUT2D eigenvalue weighted by Crippen LogP contribution is -2.53. The number of alkyl carbamates (subject to hydrolysis) is 1. The van der Waals surface area contributed by atoms with Gasteiger partial charge in [0.25, 0.3) is 11.8 Å². The van der Waals surface area contributed by atoms with Crippen molar-refractivity contribution >= 4 is 40.3 Å². The van der Waals surface area contributed by atoms with Crippen LogP contribution in [0, 0.1) is 0 Å². The van der Waals surface area contributed by atoms with Crippen molar-refractivity contribution in [3.63, 3.8) is 0 Å². The number of carbonyl (C=O) groups is 4. The molecule has 0 bridgehead atoms. The molecule has 2 aromatic rings. The van der Waals surface area contributed by atoms with Crippen LogP contribution < -0.4 is 10.2 Å². The summed E-state index contributed by atoms with van der Waals surface area (Å²) in [6, 6.07) is 7.62. The molecule has 1 unspecified atom stereocenters. The molecule has 1 aliphatic heterocycles. The molecular weight excluding hydrogens is 414 g/mol. The number of amides is 3. The molecule has 168 valence electrons. The van der Waals surface area contributed by atoms with Crippen molar-refractivity contribution in [2.75, 3.05) is 19.0 Å². The minimum Gasteiger partial charge on any atom is -0.479 e. The molecule has 1 fully saturated rings. The molecule has 0 saturated heterocycles. The van der Waals surface area contributed by atoms with Gasteiger partial charge in [0.1, 0.15) is 5.60 Å². The average molecular weight is 439 g/mol. The molecule has 9 nitrogen and oxygen atoms in total. The van der Waals surface area contributed by atoms with Crippen molar-refractivity contribution in [1.82, 2.24) is 10.2 Å². The summed E-state index contributed by atoms with van der Waals surface area (Å²) >= 11 is 0. The lowest BCUT2D eigenvalue weighted by atomic mass is 9.92. The van der Waals surface area contributed by atoms with Gasteiger partial charge in [-0.2, -0.15) is 0 Å². The number of rotatable bonds is 4. The molecule has 0 aromatic heterocycles. The van der Waals surface area contributed by atoms with E-state index < -0.39 is 41.1 Å². The van der Waals surface area contributed by atoms with Crippen LogP contribution in [0.1, 0.15) is 47.9 Å². The number of imide groups is 1. The fourth-order valence-corrected chi connectivity index (χ4v) is 4.23. The van der Waals surface area contributed by atoms with Gasteiger partial charge >= 0.3 is 12.1 Å². The highest BCUT2D eigenvalue weighted by Gasteiger charge is 2.67. The summed E-state index contributed by atoms with van der Waals surface area (Å²) in [5.41, 5.74) is -1.11. The quantitative estimate of drug-likeness (QED) is 0.704. The Hall–Kier alpha value is -3.62. The number of aliphatic carboxylic acids is 1. The van der Waals surface area contributed by atoms with Gasteiger partial charge in [0.2, 0.25) is 0 Å². The van der Waals surface area contributed by atoms with E-state index in [1.165, 1.54) is 0 Å². The van der Waals surface area contributed by atoms with Crippen molar-refractivity contribution in [2.45, 2.75) is 44.4 Å². The van der Waals surface area contributed by atoms with E-state index in [9.17, 15) is 24.3 Å². The topological polar surface area (TPSA) is 116 Å². The lowest BCUT2D eigenvalue weighted by Gasteiger charge is -2.30. The SMILES string of the molecule is CN(C)c1ccc2c3c(cccc13)C(=O)N(C1C[C@]1(NC(=O)OC(C)(C)C)C(=O)O)C2=O. The van der Waals surface area contributed by atoms with Gasteiger partial charge in [-0.05, 0) is 39.0 Å². The van der Waals surface area contributed by atoms with Gasteiger partial charge in [0, 0.05) is 48.1 Å². The van der Waals surface area contributed by atoms with E-state index in [4.69, 9.17) is 4.74 Å². The van der Waals surface area contributed by atoms with Gasteiger partial charge in [-0.15, -0.1) is 0 Å². The highest BCUT2D eigenvalue weighted by atomic mass is 16.6. The van der Waals surface area contributed by atoms with Crippen molar-refractivity contribution in [3.05, 3.63) is 41.5 Å². The maximum Gasteiger partial charge on any atom is 0.408 e. The molecule has 2 atom stereocenters. The fraction of sp³-hybridized carbons (Fsp3) is 0.391. The summed E-state index contributed by atoms with van der Waals surface area (Å²) in [5, 5.41) is 13.5. The molecule has 1 heterocycles. The van der Waals surface area contributed by atoms with Gasteiger partial charge in [-0.3, -0.25) is 14.5 Å². The van der Waals surface area contributed by atoms with Crippen molar-refractivity contribution < 1.29 is 29.0 Å². The Morgan fingerprint density at radius 2 is 1.75 bits per heavy atom. The number of carboxylic acid groups (broad SMARTS) is 1. The van der Waals surface area contributed by atoms with Crippen LogP contribution in [0.5, 0.6) is 0 Å². The van der Waals surface area contributed by atoms with Crippen LogP contribution in [0.2, 0.25) is 0 Å². The number of anilines is 1. The van der Waals surface area contributed by atoms with Crippen LogP contribution in [0.15, 0.2) is 30.3 Å². The molecule has 2 aromatic carbocycles. The molecule has 9 heteroatoms. The van der Waals surface area contributed by atoms with E-state index in [2.05, 4.69) is 5.32 Å². The summed E-state index contributed by atoms with van der Waals surface area (Å²) in [6.45, 7) is 4.96. The third-order valence-corrected chi connectivity index (χ3v) is 5.74. The first-order valence-electron chi connectivity index (χ1n) is 10.2. The molecule has 0 radical (unpaired) electrons. The van der Waals surface area contributed by atoms with E-state index in [0.29, 0.717) is 16.5 Å². The standard InChI is InChI=1S/C23H25N3O6/c1-22(2,3)32-21(31)24-23(20(29)30)11-16(23)26-18(27)13-8-6-7-12-15(25(4)5)10-9-14(17(12)13)19(26)28/h6-10,16H,11H2,1-5H3,(H,24,31)(H,29,30)/t16?,23-/m1/s1. The molecule has 3 amide bonds. The monoisotopic (exact) mass is 439 g/mol. The molecule has 0 spiro atoms. The van der Waals surface area contributed by atoms with Crippen LogP contribution in [-0.2, 0) is 9.53 Å². The Labute approximate surface area is 184 Å². The number of carbonyl (C=O) groups excluding carboxylic acids is 3. The summed E-state index contributed by atoms with van der Waals surface area (Å²) < 4.78 is 5.19. The minimum absolute atomic E-state index is 0.0971. The number of hydrogen-bond acceptors (Lipinski definition) is 6. The van der Waals surface area contributed by atoms with E-state index >= 15 is 0 Å². The maximum absolute atomic E-state index is 13.4. The van der Waals surface area contributed by atoms with Gasteiger partial charge in [-0.25, -0.2) is 9.59 Å². The first-order chi connectivity index (χ1) is 14.9. The third kappa shape index (κ3) is 3.24. The third-order valence-electron chi connectivity index (χ3n) is 5.74. The molecule has 2 N–H and O–H groups in total. The van der Waals surface area contributed by atoms with Crippen molar-refractivity contribution in [2.24, 2.45) is 0 Å². The van der Waals surface area contributed by atoms with Crippen molar-refractivity contribution in [3.8, 4) is 0 Å². The summed E-state index contributed by atoms with van der Waals surface area (Å²) in [4.78, 5) is 53.9. The zero-order chi connectivity index (χ0) is 23.6.